The second-order valence-electron chi connectivity index (χ2n) is 0.533. The second-order valence-corrected chi connectivity index (χ2v) is 6.50. The molecule has 0 aromatic rings. The molecule has 4 heavy (non-hydrogen) atoms. The van der Waals surface area contributed by atoms with E-state index in [2.05, 4.69) is 9.76 Å². The van der Waals surface area contributed by atoms with Crippen LogP contribution in [0.5, 0.6) is 0 Å². The Bertz CT molecular complexity index is 10.8. The summed E-state index contributed by atoms with van der Waals surface area (Å²) in [5.74, 6) is 0. The summed E-state index contributed by atoms with van der Waals surface area (Å²) in [7, 11) is 2.58. The number of hydrogen-bond donors (Lipinski definition) is 0. The van der Waals surface area contributed by atoms with Crippen molar-refractivity contribution in [2.75, 3.05) is 0 Å². The third-order valence-electron chi connectivity index (χ3n) is 0. The van der Waals surface area contributed by atoms with Crippen LogP contribution < -0.4 is 0 Å². The van der Waals surface area contributed by atoms with Crippen molar-refractivity contribution in [2.24, 2.45) is 0 Å². The molecule has 0 spiro atoms. The largest absolute Gasteiger partial charge is 0.174 e. The molecule has 4 radical (unpaired) electrons. The number of hydrogen-bond acceptors (Lipinski definition) is 0. The normalized spacial score (nSPS) is 9.00. The van der Waals surface area contributed by atoms with Crippen molar-refractivity contribution in [3.63, 3.8) is 0 Å². The molecule has 0 aromatic carbocycles. The summed E-state index contributed by atoms with van der Waals surface area (Å²) in [6, 6.07) is 0. The Morgan fingerprint density at radius 2 is 2.00 bits per heavy atom. The van der Waals surface area contributed by atoms with E-state index >= 15 is 0 Å². The lowest BCUT2D eigenvalue weighted by atomic mass is 11.9. The maximum Gasteiger partial charge on any atom is 0.141 e. The van der Waals surface area contributed by atoms with Gasteiger partial charge in [0.05, 0.1) is 0 Å². The third kappa shape index (κ3) is 15.5. The van der Waals surface area contributed by atoms with E-state index in [9.17, 15) is 0 Å². The molecule has 0 heterocycles. The van der Waals surface area contributed by atoms with Crippen molar-refractivity contribution >= 4 is 28.5 Å². The maximum absolute atomic E-state index is 5.29. The molecule has 0 saturated carbocycles. The highest BCUT2D eigenvalue weighted by Crippen LogP contribution is 1.72. The van der Waals surface area contributed by atoms with Crippen molar-refractivity contribution in [2.45, 2.75) is 6.55 Å². The molecule has 0 nitrogen and oxygen atoms in total. The fraction of sp³-hybridized carbons (Fsp3) is 1.00. The number of halogens is 1. The summed E-state index contributed by atoms with van der Waals surface area (Å²) < 4.78 is 0. The van der Waals surface area contributed by atoms with Crippen molar-refractivity contribution in [1.29, 1.82) is 0 Å². The summed E-state index contributed by atoms with van der Waals surface area (Å²) in [5.41, 5.74) is 0. The fourth-order valence-electron chi connectivity index (χ4n) is 0. The summed E-state index contributed by atoms with van der Waals surface area (Å²) in [6.07, 6.45) is 0. The van der Waals surface area contributed by atoms with Crippen LogP contribution in [0.15, 0.2) is 0 Å². The van der Waals surface area contributed by atoms with E-state index in [1.807, 2.05) is 6.55 Å². The van der Waals surface area contributed by atoms with E-state index in [1.165, 1.54) is 0 Å². The van der Waals surface area contributed by atoms with Crippen LogP contribution >= 0.6 is 11.1 Å². The molecule has 3 heteroatoms. The Labute approximate surface area is 35.7 Å². The van der Waals surface area contributed by atoms with Gasteiger partial charge in [0, 0.05) is 9.76 Å². The average Bonchev–Trinajstić information content (AvgIpc) is 0.811. The summed E-state index contributed by atoms with van der Waals surface area (Å²) in [4.78, 5) is 0. The quantitative estimate of drug-likeness (QED) is 0.312. The van der Waals surface area contributed by atoms with Crippen LogP contribution in [0.4, 0.5) is 0 Å². The van der Waals surface area contributed by atoms with Gasteiger partial charge in [0.25, 0.3) is 0 Å². The van der Waals surface area contributed by atoms with Gasteiger partial charge in [-0.05, 0) is 0 Å². The molecule has 0 fully saturated rings. The van der Waals surface area contributed by atoms with Gasteiger partial charge in [-0.2, -0.15) is 11.1 Å². The van der Waals surface area contributed by atoms with E-state index in [-0.39, 0.29) is 0 Å². The highest BCUT2D eigenvalue weighted by Gasteiger charge is 1.77. The molecule has 0 aromatic heterocycles. The van der Waals surface area contributed by atoms with Crippen molar-refractivity contribution < 1.29 is 0 Å². The van der Waals surface area contributed by atoms with Crippen LogP contribution in [0, 0.1) is 0 Å². The van der Waals surface area contributed by atoms with Gasteiger partial charge in [0.1, 0.15) is 7.62 Å². The zero-order chi connectivity index (χ0) is 3.58. The molecule has 0 aliphatic rings. The molecule has 0 amide bonds. The molecule has 0 aliphatic heterocycles. The van der Waals surface area contributed by atoms with Crippen molar-refractivity contribution in [3.05, 3.63) is 0 Å². The van der Waals surface area contributed by atoms with Gasteiger partial charge in [-0.1, -0.05) is 6.55 Å². The minimum Gasteiger partial charge on any atom is -0.174 e. The Morgan fingerprint density at radius 1 is 2.00 bits per heavy atom. The summed E-state index contributed by atoms with van der Waals surface area (Å²) in [6.45, 7) is 1.95. The SMILES string of the molecule is C[Si]([Si])Cl. The van der Waals surface area contributed by atoms with Gasteiger partial charge >= 0.3 is 0 Å². The monoisotopic (exact) mass is 106 g/mol. The zero-order valence-electron chi connectivity index (χ0n) is 2.38. The first-order valence-corrected chi connectivity index (χ1v) is 5.45. The highest BCUT2D eigenvalue weighted by molar-refractivity contribution is 7.31. The van der Waals surface area contributed by atoms with Crippen LogP contribution in [-0.2, 0) is 0 Å². The van der Waals surface area contributed by atoms with E-state index in [0.29, 0.717) is 0 Å². The molecular formula is CH3ClSi2. The predicted molar refractivity (Wildman–Crippen MR) is 23.2 cm³/mol. The van der Waals surface area contributed by atoms with Crippen LogP contribution in [0.2, 0.25) is 6.55 Å². The van der Waals surface area contributed by atoms with Gasteiger partial charge in [0.2, 0.25) is 0 Å². The molecule has 0 N–H and O–H groups in total. The van der Waals surface area contributed by atoms with Gasteiger partial charge in [0.15, 0.2) is 0 Å². The molecule has 0 bridgehead atoms. The molecular weight excluding hydrogens is 104 g/mol. The van der Waals surface area contributed by atoms with Crippen LogP contribution in [0.1, 0.15) is 0 Å². The molecule has 0 unspecified atom stereocenters. The Morgan fingerprint density at radius 3 is 2.00 bits per heavy atom. The molecule has 0 aliphatic carbocycles. The van der Waals surface area contributed by atoms with Crippen LogP contribution in [0.3, 0.4) is 0 Å². The van der Waals surface area contributed by atoms with Gasteiger partial charge in [-0.15, -0.1) is 0 Å². The summed E-state index contributed by atoms with van der Waals surface area (Å²) in [5, 5.41) is 0. The zero-order valence-corrected chi connectivity index (χ0v) is 5.13. The molecule has 22 valence electrons. The lowest BCUT2D eigenvalue weighted by Crippen LogP contribution is -1.90. The molecule has 0 atom stereocenters. The van der Waals surface area contributed by atoms with Crippen molar-refractivity contribution in [1.82, 2.24) is 0 Å². The van der Waals surface area contributed by atoms with Gasteiger partial charge < -0.3 is 0 Å². The average molecular weight is 107 g/mol. The Hall–Kier alpha value is 0.724. The number of rotatable bonds is 0. The fourth-order valence-corrected chi connectivity index (χ4v) is 0. The lowest BCUT2D eigenvalue weighted by Gasteiger charge is -1.70. The second kappa shape index (κ2) is 1.99. The standard InChI is InChI=1S/CH3ClSi2/c1-4(2)3/h1H3. The lowest BCUT2D eigenvalue weighted by molar-refractivity contribution is 2.34. The first-order chi connectivity index (χ1) is 1.73. The topological polar surface area (TPSA) is 0 Å². The Balaban J connectivity index is 2.32. The van der Waals surface area contributed by atoms with Gasteiger partial charge in [-0.3, -0.25) is 0 Å². The third-order valence-corrected chi connectivity index (χ3v) is 0. The van der Waals surface area contributed by atoms with Crippen LogP contribution in [0.25, 0.3) is 0 Å². The Kier molecular flexibility index (Phi) is 2.35. The molecule has 0 saturated heterocycles. The van der Waals surface area contributed by atoms with Gasteiger partial charge in [-0.25, -0.2) is 0 Å². The van der Waals surface area contributed by atoms with E-state index < -0.39 is 7.62 Å². The van der Waals surface area contributed by atoms with Crippen molar-refractivity contribution in [3.8, 4) is 0 Å². The molecule has 0 rings (SSSR count). The van der Waals surface area contributed by atoms with E-state index in [1.54, 1.807) is 0 Å². The minimum absolute atomic E-state index is 0.602. The highest BCUT2D eigenvalue weighted by atomic mass is 35.6. The minimum atomic E-state index is -0.602. The first-order valence-electron chi connectivity index (χ1n) is 0.939. The first kappa shape index (κ1) is 4.72. The van der Waals surface area contributed by atoms with Crippen LogP contribution in [-0.4, -0.2) is 17.4 Å². The maximum atomic E-state index is 5.29. The van der Waals surface area contributed by atoms with E-state index in [0.717, 1.165) is 0 Å². The predicted octanol–water partition coefficient (Wildman–Crippen LogP) is 0.512. The summed E-state index contributed by atoms with van der Waals surface area (Å²) >= 11 is 5.29. The smallest absolute Gasteiger partial charge is 0.141 e. The van der Waals surface area contributed by atoms with E-state index in [4.69, 9.17) is 11.1 Å².